The molecule has 0 rings (SSSR count). The van der Waals surface area contributed by atoms with Gasteiger partial charge in [-0.25, -0.2) is 0 Å². The van der Waals surface area contributed by atoms with Crippen molar-refractivity contribution in [2.75, 3.05) is 0 Å². The summed E-state index contributed by atoms with van der Waals surface area (Å²) in [5.74, 6) is -2.50. The Bertz CT molecular complexity index is 274. The molecule has 112 valence electrons. The van der Waals surface area contributed by atoms with Crippen molar-refractivity contribution in [2.24, 2.45) is 11.8 Å². The Labute approximate surface area is 115 Å². The number of carbonyl (C=O) groups is 2. The number of ether oxygens (including phenoxy) is 2. The van der Waals surface area contributed by atoms with E-state index in [9.17, 15) is 14.7 Å². The lowest BCUT2D eigenvalue weighted by atomic mass is 9.89. The Hall–Kier alpha value is -1.10. The average Bonchev–Trinajstić information content (AvgIpc) is 2.12. The minimum atomic E-state index is -0.987. The Morgan fingerprint density at radius 1 is 0.895 bits per heavy atom. The molecule has 2 atom stereocenters. The molecular weight excluding hydrogens is 248 g/mol. The summed E-state index contributed by atoms with van der Waals surface area (Å²) in [6, 6.07) is 0. The number of hydrogen-bond donors (Lipinski definition) is 1. The zero-order chi connectivity index (χ0) is 15.2. The van der Waals surface area contributed by atoms with Gasteiger partial charge in [-0.15, -0.1) is 0 Å². The third-order valence-electron chi connectivity index (χ3n) is 2.49. The first-order chi connectivity index (χ1) is 8.65. The van der Waals surface area contributed by atoms with E-state index in [1.54, 1.807) is 41.5 Å². The standard InChI is InChI=1S/C14H26O5/c1-8(2)18-13(16)12(10(5)7-11(6)15)14(17)19-9(3)4/h8-12,15H,7H2,1-6H3/t10-,11?/m0/s1. The summed E-state index contributed by atoms with van der Waals surface area (Å²) in [5.41, 5.74) is 0. The molecule has 0 heterocycles. The number of esters is 2. The molecular formula is C14H26O5. The maximum Gasteiger partial charge on any atom is 0.320 e. The van der Waals surface area contributed by atoms with Gasteiger partial charge in [0.1, 0.15) is 0 Å². The van der Waals surface area contributed by atoms with Crippen molar-refractivity contribution in [1.29, 1.82) is 0 Å². The fourth-order valence-electron chi connectivity index (χ4n) is 1.85. The lowest BCUT2D eigenvalue weighted by Crippen LogP contribution is -2.36. The molecule has 0 bridgehead atoms. The van der Waals surface area contributed by atoms with E-state index in [0.717, 1.165) is 0 Å². The van der Waals surface area contributed by atoms with E-state index in [4.69, 9.17) is 9.47 Å². The highest BCUT2D eigenvalue weighted by atomic mass is 16.6. The molecule has 0 radical (unpaired) electrons. The highest BCUT2D eigenvalue weighted by molar-refractivity contribution is 5.95. The molecule has 0 saturated carbocycles. The van der Waals surface area contributed by atoms with Crippen LogP contribution in [-0.2, 0) is 19.1 Å². The average molecular weight is 274 g/mol. The van der Waals surface area contributed by atoms with Crippen molar-refractivity contribution in [3.05, 3.63) is 0 Å². The van der Waals surface area contributed by atoms with Crippen molar-refractivity contribution in [1.82, 2.24) is 0 Å². The van der Waals surface area contributed by atoms with Crippen LogP contribution in [0.15, 0.2) is 0 Å². The SMILES string of the molecule is CC(O)C[C@H](C)C(C(=O)OC(C)C)C(=O)OC(C)C. The molecule has 1 unspecified atom stereocenters. The van der Waals surface area contributed by atoms with Gasteiger partial charge in [0.25, 0.3) is 0 Å². The van der Waals surface area contributed by atoms with Crippen LogP contribution in [-0.4, -0.2) is 35.4 Å². The van der Waals surface area contributed by atoms with Crippen LogP contribution in [0.25, 0.3) is 0 Å². The molecule has 0 aliphatic heterocycles. The Balaban J connectivity index is 4.91. The fourth-order valence-corrected chi connectivity index (χ4v) is 1.85. The van der Waals surface area contributed by atoms with Gasteiger partial charge in [-0.1, -0.05) is 6.92 Å². The largest absolute Gasteiger partial charge is 0.462 e. The molecule has 0 aliphatic rings. The molecule has 5 nitrogen and oxygen atoms in total. The lowest BCUT2D eigenvalue weighted by molar-refractivity contribution is -0.169. The van der Waals surface area contributed by atoms with Crippen LogP contribution >= 0.6 is 0 Å². The Morgan fingerprint density at radius 2 is 1.26 bits per heavy atom. The third kappa shape index (κ3) is 7.15. The van der Waals surface area contributed by atoms with Crippen LogP contribution in [0.1, 0.15) is 48.0 Å². The van der Waals surface area contributed by atoms with Crippen LogP contribution in [0.2, 0.25) is 0 Å². The van der Waals surface area contributed by atoms with Gasteiger partial charge in [0.2, 0.25) is 0 Å². The maximum atomic E-state index is 12.0. The van der Waals surface area contributed by atoms with E-state index in [0.29, 0.717) is 6.42 Å². The molecule has 5 heteroatoms. The molecule has 19 heavy (non-hydrogen) atoms. The van der Waals surface area contributed by atoms with Crippen LogP contribution in [0.5, 0.6) is 0 Å². The predicted octanol–water partition coefficient (Wildman–Crippen LogP) is 1.91. The Morgan fingerprint density at radius 3 is 1.53 bits per heavy atom. The van der Waals surface area contributed by atoms with Gasteiger partial charge in [-0.3, -0.25) is 9.59 Å². The minimum Gasteiger partial charge on any atom is -0.462 e. The van der Waals surface area contributed by atoms with Gasteiger partial charge in [-0.05, 0) is 47.0 Å². The minimum absolute atomic E-state index is 0.291. The third-order valence-corrected chi connectivity index (χ3v) is 2.49. The maximum absolute atomic E-state index is 12.0. The molecule has 0 spiro atoms. The van der Waals surface area contributed by atoms with Crippen LogP contribution in [0, 0.1) is 11.8 Å². The van der Waals surface area contributed by atoms with Crippen LogP contribution in [0.4, 0.5) is 0 Å². The van der Waals surface area contributed by atoms with Gasteiger partial charge in [0.05, 0.1) is 18.3 Å². The summed E-state index contributed by atoms with van der Waals surface area (Å²) in [6.07, 6.45) is -0.831. The molecule has 0 aromatic heterocycles. The Kier molecular flexibility index (Phi) is 7.68. The molecule has 0 fully saturated rings. The molecule has 0 amide bonds. The molecule has 1 N–H and O–H groups in total. The van der Waals surface area contributed by atoms with Crippen LogP contribution in [0.3, 0.4) is 0 Å². The van der Waals surface area contributed by atoms with Gasteiger partial charge < -0.3 is 14.6 Å². The zero-order valence-corrected chi connectivity index (χ0v) is 12.7. The van der Waals surface area contributed by atoms with Gasteiger partial charge in [0.15, 0.2) is 5.92 Å². The monoisotopic (exact) mass is 274 g/mol. The van der Waals surface area contributed by atoms with E-state index in [2.05, 4.69) is 0 Å². The van der Waals surface area contributed by atoms with Crippen molar-refractivity contribution >= 4 is 11.9 Å². The van der Waals surface area contributed by atoms with Crippen molar-refractivity contribution in [3.8, 4) is 0 Å². The van der Waals surface area contributed by atoms with E-state index in [-0.39, 0.29) is 18.1 Å². The van der Waals surface area contributed by atoms with E-state index in [1.165, 1.54) is 0 Å². The quantitative estimate of drug-likeness (QED) is 0.567. The number of carbonyl (C=O) groups excluding carboxylic acids is 2. The smallest absolute Gasteiger partial charge is 0.320 e. The van der Waals surface area contributed by atoms with E-state index in [1.807, 2.05) is 0 Å². The summed E-state index contributed by atoms with van der Waals surface area (Å²) >= 11 is 0. The lowest BCUT2D eigenvalue weighted by Gasteiger charge is -2.24. The number of rotatable bonds is 7. The normalized spacial score (nSPS) is 14.6. The second-order valence-electron chi connectivity index (χ2n) is 5.51. The second kappa shape index (κ2) is 8.15. The van der Waals surface area contributed by atoms with E-state index >= 15 is 0 Å². The summed E-state index contributed by atoms with van der Waals surface area (Å²) in [5, 5.41) is 9.39. The van der Waals surface area contributed by atoms with Crippen molar-refractivity contribution < 1.29 is 24.2 Å². The second-order valence-corrected chi connectivity index (χ2v) is 5.51. The summed E-state index contributed by atoms with van der Waals surface area (Å²) in [4.78, 5) is 24.0. The summed E-state index contributed by atoms with van der Waals surface area (Å²) < 4.78 is 10.2. The van der Waals surface area contributed by atoms with Gasteiger partial charge in [0, 0.05) is 0 Å². The van der Waals surface area contributed by atoms with Crippen molar-refractivity contribution in [2.45, 2.75) is 66.3 Å². The molecule has 0 aliphatic carbocycles. The molecule has 0 aromatic carbocycles. The number of aliphatic hydroxyl groups excluding tert-OH is 1. The van der Waals surface area contributed by atoms with Crippen LogP contribution < -0.4 is 0 Å². The molecule has 0 aromatic rings. The van der Waals surface area contributed by atoms with Crippen molar-refractivity contribution in [3.63, 3.8) is 0 Å². The topological polar surface area (TPSA) is 72.8 Å². The first-order valence-electron chi connectivity index (χ1n) is 6.74. The molecule has 0 saturated heterocycles. The van der Waals surface area contributed by atoms with Gasteiger partial charge >= 0.3 is 11.9 Å². The summed E-state index contributed by atoms with van der Waals surface area (Å²) in [7, 11) is 0. The summed E-state index contributed by atoms with van der Waals surface area (Å²) in [6.45, 7) is 10.3. The zero-order valence-electron chi connectivity index (χ0n) is 12.7. The predicted molar refractivity (Wildman–Crippen MR) is 71.4 cm³/mol. The fraction of sp³-hybridized carbons (Fsp3) is 0.857. The highest BCUT2D eigenvalue weighted by Gasteiger charge is 2.36. The van der Waals surface area contributed by atoms with E-state index < -0.39 is 24.0 Å². The van der Waals surface area contributed by atoms with Gasteiger partial charge in [-0.2, -0.15) is 0 Å². The first-order valence-corrected chi connectivity index (χ1v) is 6.74. The first kappa shape index (κ1) is 17.9. The number of aliphatic hydroxyl groups is 1. The number of hydrogen-bond acceptors (Lipinski definition) is 5. The highest BCUT2D eigenvalue weighted by Crippen LogP contribution is 2.22.